The maximum absolute atomic E-state index is 6.02. The summed E-state index contributed by atoms with van der Waals surface area (Å²) < 4.78 is 0. The summed E-state index contributed by atoms with van der Waals surface area (Å²) in [6, 6.07) is 11.4. The molecular weight excluding hydrogens is 260 g/mol. The van der Waals surface area contributed by atoms with Gasteiger partial charge in [-0.1, -0.05) is 29.8 Å². The highest BCUT2D eigenvalue weighted by atomic mass is 35.5. The van der Waals surface area contributed by atoms with Crippen molar-refractivity contribution in [2.75, 3.05) is 5.73 Å². The van der Waals surface area contributed by atoms with Gasteiger partial charge < -0.3 is 5.73 Å². The van der Waals surface area contributed by atoms with E-state index in [4.69, 9.17) is 17.3 Å². The van der Waals surface area contributed by atoms with Crippen LogP contribution in [0.2, 0.25) is 5.02 Å². The third-order valence-electron chi connectivity index (χ3n) is 2.86. The lowest BCUT2D eigenvalue weighted by molar-refractivity contribution is 1.10. The van der Waals surface area contributed by atoms with Crippen LogP contribution < -0.4 is 5.73 Å². The van der Waals surface area contributed by atoms with Crippen molar-refractivity contribution >= 4 is 17.4 Å². The van der Waals surface area contributed by atoms with E-state index in [1.165, 1.54) is 0 Å². The van der Waals surface area contributed by atoms with Crippen molar-refractivity contribution in [3.8, 4) is 22.4 Å². The summed E-state index contributed by atoms with van der Waals surface area (Å²) in [5.74, 6) is 0.447. The Kier molecular flexibility index (Phi) is 2.93. The minimum Gasteiger partial charge on any atom is -0.382 e. The fraction of sp³-hybridized carbons (Fsp3) is 0. The number of benzene rings is 1. The van der Waals surface area contributed by atoms with Gasteiger partial charge in [0.1, 0.15) is 0 Å². The SMILES string of the molecule is Nc1n[nH]c(-c2cccc(Cl)c2)c1-c1cccnc1. The van der Waals surface area contributed by atoms with Crippen LogP contribution in [0.1, 0.15) is 0 Å². The molecule has 5 heteroatoms. The van der Waals surface area contributed by atoms with Gasteiger partial charge in [0.2, 0.25) is 0 Å². The van der Waals surface area contributed by atoms with Crippen LogP contribution in [-0.2, 0) is 0 Å². The Morgan fingerprint density at radius 2 is 1.95 bits per heavy atom. The highest BCUT2D eigenvalue weighted by Crippen LogP contribution is 2.34. The largest absolute Gasteiger partial charge is 0.382 e. The van der Waals surface area contributed by atoms with Crippen LogP contribution in [0.15, 0.2) is 48.8 Å². The molecule has 2 aromatic heterocycles. The summed E-state index contributed by atoms with van der Waals surface area (Å²) >= 11 is 6.02. The Morgan fingerprint density at radius 1 is 1.11 bits per heavy atom. The van der Waals surface area contributed by atoms with Gasteiger partial charge in [-0.15, -0.1) is 0 Å². The lowest BCUT2D eigenvalue weighted by atomic mass is 10.0. The molecule has 3 aromatic rings. The van der Waals surface area contributed by atoms with E-state index in [0.29, 0.717) is 10.8 Å². The van der Waals surface area contributed by atoms with E-state index >= 15 is 0 Å². The predicted molar refractivity (Wildman–Crippen MR) is 76.7 cm³/mol. The number of nitrogens with one attached hydrogen (secondary N) is 1. The molecule has 94 valence electrons. The minimum atomic E-state index is 0.447. The molecule has 0 fully saturated rings. The first-order valence-electron chi connectivity index (χ1n) is 5.76. The van der Waals surface area contributed by atoms with E-state index < -0.39 is 0 Å². The summed E-state index contributed by atoms with van der Waals surface area (Å²) in [7, 11) is 0. The Hall–Kier alpha value is -2.33. The molecule has 0 saturated carbocycles. The third kappa shape index (κ3) is 2.18. The average Bonchev–Trinajstić information content (AvgIpc) is 2.82. The highest BCUT2D eigenvalue weighted by molar-refractivity contribution is 6.30. The topological polar surface area (TPSA) is 67.6 Å². The Labute approximate surface area is 115 Å². The first-order chi connectivity index (χ1) is 9.25. The van der Waals surface area contributed by atoms with Crippen molar-refractivity contribution in [1.29, 1.82) is 0 Å². The second-order valence-electron chi connectivity index (χ2n) is 4.11. The Bertz CT molecular complexity index is 706. The summed E-state index contributed by atoms with van der Waals surface area (Å²) in [6.45, 7) is 0. The monoisotopic (exact) mass is 270 g/mol. The number of rotatable bonds is 2. The molecule has 1 aromatic carbocycles. The number of hydrogen-bond acceptors (Lipinski definition) is 3. The van der Waals surface area contributed by atoms with Crippen LogP contribution in [0.4, 0.5) is 5.82 Å². The molecule has 0 amide bonds. The fourth-order valence-corrected chi connectivity index (χ4v) is 2.20. The van der Waals surface area contributed by atoms with Gasteiger partial charge in [-0.25, -0.2) is 0 Å². The number of aromatic amines is 1. The van der Waals surface area contributed by atoms with Crippen molar-refractivity contribution in [1.82, 2.24) is 15.2 Å². The van der Waals surface area contributed by atoms with Crippen molar-refractivity contribution in [3.05, 3.63) is 53.8 Å². The molecular formula is C14H11ClN4. The van der Waals surface area contributed by atoms with E-state index in [-0.39, 0.29) is 0 Å². The molecule has 0 aliphatic rings. The van der Waals surface area contributed by atoms with Crippen molar-refractivity contribution in [2.45, 2.75) is 0 Å². The number of hydrogen-bond donors (Lipinski definition) is 2. The average molecular weight is 271 g/mol. The van der Waals surface area contributed by atoms with Crippen molar-refractivity contribution < 1.29 is 0 Å². The zero-order valence-corrected chi connectivity index (χ0v) is 10.7. The van der Waals surface area contributed by atoms with E-state index in [0.717, 1.165) is 22.4 Å². The smallest absolute Gasteiger partial charge is 0.153 e. The van der Waals surface area contributed by atoms with Crippen LogP contribution >= 0.6 is 11.6 Å². The van der Waals surface area contributed by atoms with E-state index in [1.807, 2.05) is 36.4 Å². The van der Waals surface area contributed by atoms with Crippen molar-refractivity contribution in [2.24, 2.45) is 0 Å². The molecule has 0 aliphatic carbocycles. The van der Waals surface area contributed by atoms with Crippen molar-refractivity contribution in [3.63, 3.8) is 0 Å². The number of aromatic nitrogens is 3. The predicted octanol–water partition coefficient (Wildman–Crippen LogP) is 3.37. The first kappa shape index (κ1) is 11.7. The van der Waals surface area contributed by atoms with Gasteiger partial charge in [0.05, 0.1) is 11.3 Å². The first-order valence-corrected chi connectivity index (χ1v) is 6.13. The van der Waals surface area contributed by atoms with Crippen LogP contribution in [0, 0.1) is 0 Å². The molecule has 0 bridgehead atoms. The normalized spacial score (nSPS) is 10.6. The molecule has 3 rings (SSSR count). The maximum atomic E-state index is 6.02. The zero-order valence-electron chi connectivity index (χ0n) is 9.97. The second-order valence-corrected chi connectivity index (χ2v) is 4.55. The standard InChI is InChI=1S/C14H11ClN4/c15-11-5-1-3-9(7-11)13-12(14(16)19-18-13)10-4-2-6-17-8-10/h1-8H,(H3,16,18,19). The van der Waals surface area contributed by atoms with E-state index in [2.05, 4.69) is 15.2 Å². The molecule has 2 heterocycles. The molecule has 19 heavy (non-hydrogen) atoms. The van der Waals surface area contributed by atoms with Gasteiger partial charge in [-0.05, 0) is 18.2 Å². The fourth-order valence-electron chi connectivity index (χ4n) is 2.01. The van der Waals surface area contributed by atoms with Crippen LogP contribution in [-0.4, -0.2) is 15.2 Å². The van der Waals surface area contributed by atoms with Gasteiger partial charge in [0.25, 0.3) is 0 Å². The van der Waals surface area contributed by atoms with Gasteiger partial charge in [-0.2, -0.15) is 5.10 Å². The number of nitrogens with two attached hydrogens (primary N) is 1. The van der Waals surface area contributed by atoms with Crippen LogP contribution in [0.3, 0.4) is 0 Å². The van der Waals surface area contributed by atoms with Gasteiger partial charge in [0.15, 0.2) is 5.82 Å². The molecule has 0 radical (unpaired) electrons. The molecule has 0 unspecified atom stereocenters. The quantitative estimate of drug-likeness (QED) is 0.750. The molecule has 3 N–H and O–H groups in total. The Balaban J connectivity index is 2.19. The third-order valence-corrected chi connectivity index (χ3v) is 3.09. The number of pyridine rings is 1. The molecule has 0 saturated heterocycles. The highest BCUT2D eigenvalue weighted by Gasteiger charge is 2.14. The molecule has 0 spiro atoms. The number of nitrogen functional groups attached to an aromatic ring is 1. The lowest BCUT2D eigenvalue weighted by Gasteiger charge is -2.04. The summed E-state index contributed by atoms with van der Waals surface area (Å²) in [5.41, 5.74) is 9.49. The van der Waals surface area contributed by atoms with Gasteiger partial charge >= 0.3 is 0 Å². The summed E-state index contributed by atoms with van der Waals surface area (Å²) in [5, 5.41) is 7.70. The lowest BCUT2D eigenvalue weighted by Crippen LogP contribution is -1.89. The summed E-state index contributed by atoms with van der Waals surface area (Å²) in [6.07, 6.45) is 3.48. The number of H-pyrrole nitrogens is 1. The number of halogens is 1. The molecule has 0 aliphatic heterocycles. The van der Waals surface area contributed by atoms with Gasteiger partial charge in [-0.3, -0.25) is 10.1 Å². The van der Waals surface area contributed by atoms with E-state index in [9.17, 15) is 0 Å². The number of nitrogens with zero attached hydrogens (tertiary/aromatic N) is 2. The van der Waals surface area contributed by atoms with E-state index in [1.54, 1.807) is 12.4 Å². The zero-order chi connectivity index (χ0) is 13.2. The van der Waals surface area contributed by atoms with Crippen LogP contribution in [0.25, 0.3) is 22.4 Å². The minimum absolute atomic E-state index is 0.447. The number of anilines is 1. The van der Waals surface area contributed by atoms with Gasteiger partial charge in [0, 0.05) is 28.5 Å². The second kappa shape index (κ2) is 4.74. The molecule has 0 atom stereocenters. The Morgan fingerprint density at radius 3 is 2.68 bits per heavy atom. The maximum Gasteiger partial charge on any atom is 0.153 e. The molecule has 4 nitrogen and oxygen atoms in total. The van der Waals surface area contributed by atoms with Crippen LogP contribution in [0.5, 0.6) is 0 Å². The summed E-state index contributed by atoms with van der Waals surface area (Å²) in [4.78, 5) is 4.11.